The maximum atomic E-state index is 6.03. The number of hydrogen-bond acceptors (Lipinski definition) is 1. The smallest absolute Gasteiger partial charge is 0.134 e. The number of ether oxygens (including phenoxy) is 1. The molecule has 0 spiro atoms. The molecule has 1 heteroatoms. The van der Waals surface area contributed by atoms with Crippen LogP contribution in [0.5, 0.6) is 11.5 Å². The Kier molecular flexibility index (Phi) is 4.99. The van der Waals surface area contributed by atoms with Crippen LogP contribution in [0.1, 0.15) is 31.9 Å². The normalized spacial score (nSPS) is 11.1. The molecule has 0 heterocycles. The van der Waals surface area contributed by atoms with Crippen molar-refractivity contribution in [2.75, 3.05) is 0 Å². The topological polar surface area (TPSA) is 9.23 Å². The number of rotatable bonds is 4. The summed E-state index contributed by atoms with van der Waals surface area (Å²) >= 11 is 0. The highest BCUT2D eigenvalue weighted by Crippen LogP contribution is 2.30. The second kappa shape index (κ2) is 6.94. The predicted octanol–water partition coefficient (Wildman–Crippen LogP) is 6.16. The number of allylic oxidation sites excluding steroid dienone is 4. The van der Waals surface area contributed by atoms with Crippen molar-refractivity contribution in [2.45, 2.75) is 27.7 Å². The van der Waals surface area contributed by atoms with E-state index in [0.29, 0.717) is 0 Å². The molecule has 0 bridgehead atoms. The molecule has 2 aromatic carbocycles. The van der Waals surface area contributed by atoms with Crippen LogP contribution in [0, 0.1) is 6.92 Å². The molecule has 2 rings (SSSR count). The summed E-state index contributed by atoms with van der Waals surface area (Å²) in [4.78, 5) is 0. The molecule has 0 saturated heterocycles. The van der Waals surface area contributed by atoms with Crippen LogP contribution in [0.2, 0.25) is 0 Å². The molecule has 0 aliphatic carbocycles. The highest BCUT2D eigenvalue weighted by Gasteiger charge is 2.05. The molecule has 2 aromatic rings. The highest BCUT2D eigenvalue weighted by atomic mass is 16.5. The molecule has 0 radical (unpaired) electrons. The second-order valence-electron chi connectivity index (χ2n) is 5.50. The Balaban J connectivity index is 2.30. The number of hydrogen-bond donors (Lipinski definition) is 0. The van der Waals surface area contributed by atoms with Gasteiger partial charge in [-0.2, -0.15) is 0 Å². The van der Waals surface area contributed by atoms with Gasteiger partial charge in [-0.3, -0.25) is 0 Å². The molecule has 0 unspecified atom stereocenters. The Morgan fingerprint density at radius 2 is 1.52 bits per heavy atom. The zero-order chi connectivity index (χ0) is 15.2. The zero-order valence-electron chi connectivity index (χ0n) is 13.2. The molecule has 0 aromatic heterocycles. The first kappa shape index (κ1) is 15.1. The Labute approximate surface area is 127 Å². The van der Waals surface area contributed by atoms with Crippen molar-refractivity contribution < 1.29 is 4.74 Å². The first-order valence-electron chi connectivity index (χ1n) is 7.22. The van der Waals surface area contributed by atoms with Gasteiger partial charge in [0.2, 0.25) is 0 Å². The third-order valence-corrected chi connectivity index (χ3v) is 3.23. The van der Waals surface area contributed by atoms with Crippen molar-refractivity contribution >= 4 is 5.57 Å². The lowest BCUT2D eigenvalue weighted by molar-refractivity contribution is 0.481. The average Bonchev–Trinajstić information content (AvgIpc) is 2.48. The first-order chi connectivity index (χ1) is 10.1. The summed E-state index contributed by atoms with van der Waals surface area (Å²) < 4.78 is 6.03. The molecule has 0 aliphatic heterocycles. The van der Waals surface area contributed by atoms with E-state index in [1.165, 1.54) is 16.7 Å². The van der Waals surface area contributed by atoms with Gasteiger partial charge < -0.3 is 4.74 Å². The van der Waals surface area contributed by atoms with E-state index in [-0.39, 0.29) is 0 Å². The molecule has 0 atom stereocenters. The van der Waals surface area contributed by atoms with Gasteiger partial charge >= 0.3 is 0 Å². The summed E-state index contributed by atoms with van der Waals surface area (Å²) in [6.07, 6.45) is 4.25. The van der Waals surface area contributed by atoms with Gasteiger partial charge in [-0.05, 0) is 51.5 Å². The van der Waals surface area contributed by atoms with Crippen LogP contribution in [-0.2, 0) is 0 Å². The van der Waals surface area contributed by atoms with E-state index in [2.05, 4.69) is 58.0 Å². The average molecular weight is 278 g/mol. The van der Waals surface area contributed by atoms with Crippen LogP contribution in [0.4, 0.5) is 0 Å². The predicted molar refractivity (Wildman–Crippen MR) is 90.8 cm³/mol. The molecule has 108 valence electrons. The van der Waals surface area contributed by atoms with Crippen molar-refractivity contribution in [1.82, 2.24) is 0 Å². The third kappa shape index (κ3) is 4.35. The summed E-state index contributed by atoms with van der Waals surface area (Å²) in [6, 6.07) is 16.3. The van der Waals surface area contributed by atoms with Gasteiger partial charge in [-0.1, -0.05) is 53.6 Å². The molecular formula is C20H22O. The molecule has 0 saturated carbocycles. The molecule has 0 aliphatic rings. The SMILES string of the molecule is CC(C)=CC=C(C)c1ccccc1Oc1ccc(C)cc1. The Hall–Kier alpha value is -2.28. The van der Waals surface area contributed by atoms with Gasteiger partial charge in [0.25, 0.3) is 0 Å². The highest BCUT2D eigenvalue weighted by molar-refractivity contribution is 5.70. The Morgan fingerprint density at radius 1 is 0.857 bits per heavy atom. The fourth-order valence-corrected chi connectivity index (χ4v) is 2.00. The standard InChI is InChI=1S/C20H22O/c1-15(2)9-12-17(4)19-7-5-6-8-20(19)21-18-13-10-16(3)11-14-18/h5-14H,1-4H3. The van der Waals surface area contributed by atoms with Crippen molar-refractivity contribution in [2.24, 2.45) is 0 Å². The van der Waals surface area contributed by atoms with E-state index in [1.807, 2.05) is 30.3 Å². The first-order valence-corrected chi connectivity index (χ1v) is 7.22. The van der Waals surface area contributed by atoms with Crippen LogP contribution in [0.15, 0.2) is 66.3 Å². The molecule has 21 heavy (non-hydrogen) atoms. The minimum atomic E-state index is 0.864. The minimum Gasteiger partial charge on any atom is -0.457 e. The lowest BCUT2D eigenvalue weighted by Crippen LogP contribution is -1.90. The van der Waals surface area contributed by atoms with E-state index >= 15 is 0 Å². The largest absolute Gasteiger partial charge is 0.457 e. The van der Waals surface area contributed by atoms with Gasteiger partial charge in [-0.25, -0.2) is 0 Å². The van der Waals surface area contributed by atoms with Gasteiger partial charge in [-0.15, -0.1) is 0 Å². The monoisotopic (exact) mass is 278 g/mol. The molecule has 0 N–H and O–H groups in total. The summed E-state index contributed by atoms with van der Waals surface area (Å²) in [6.45, 7) is 8.37. The molecule has 1 nitrogen and oxygen atoms in total. The Morgan fingerprint density at radius 3 is 2.19 bits per heavy atom. The van der Waals surface area contributed by atoms with Crippen LogP contribution >= 0.6 is 0 Å². The van der Waals surface area contributed by atoms with Crippen LogP contribution in [0.25, 0.3) is 5.57 Å². The van der Waals surface area contributed by atoms with E-state index in [9.17, 15) is 0 Å². The second-order valence-corrected chi connectivity index (χ2v) is 5.50. The van der Waals surface area contributed by atoms with E-state index in [4.69, 9.17) is 4.74 Å². The van der Waals surface area contributed by atoms with Gasteiger partial charge in [0.15, 0.2) is 0 Å². The third-order valence-electron chi connectivity index (χ3n) is 3.23. The number of aryl methyl sites for hydroxylation is 1. The van der Waals surface area contributed by atoms with E-state index in [0.717, 1.165) is 17.1 Å². The quantitative estimate of drug-likeness (QED) is 0.609. The minimum absolute atomic E-state index is 0.864. The lowest BCUT2D eigenvalue weighted by Gasteiger charge is -2.11. The van der Waals surface area contributed by atoms with Gasteiger partial charge in [0.05, 0.1) is 0 Å². The number of benzene rings is 2. The Bertz CT molecular complexity index is 656. The lowest BCUT2D eigenvalue weighted by atomic mass is 10.1. The fourth-order valence-electron chi connectivity index (χ4n) is 2.00. The molecule has 0 amide bonds. The van der Waals surface area contributed by atoms with Crippen molar-refractivity contribution in [3.8, 4) is 11.5 Å². The van der Waals surface area contributed by atoms with E-state index < -0.39 is 0 Å². The van der Waals surface area contributed by atoms with Gasteiger partial charge in [0, 0.05) is 5.56 Å². The van der Waals surface area contributed by atoms with Crippen LogP contribution < -0.4 is 4.74 Å². The summed E-state index contributed by atoms with van der Waals surface area (Å²) in [7, 11) is 0. The summed E-state index contributed by atoms with van der Waals surface area (Å²) in [5.41, 5.74) is 4.83. The summed E-state index contributed by atoms with van der Waals surface area (Å²) in [5.74, 6) is 1.75. The van der Waals surface area contributed by atoms with Crippen LogP contribution in [0.3, 0.4) is 0 Å². The zero-order valence-corrected chi connectivity index (χ0v) is 13.2. The van der Waals surface area contributed by atoms with Crippen molar-refractivity contribution in [3.05, 3.63) is 77.4 Å². The fraction of sp³-hybridized carbons (Fsp3) is 0.200. The van der Waals surface area contributed by atoms with E-state index in [1.54, 1.807) is 0 Å². The van der Waals surface area contributed by atoms with Crippen molar-refractivity contribution in [1.29, 1.82) is 0 Å². The number of para-hydroxylation sites is 1. The molecule has 0 fully saturated rings. The van der Waals surface area contributed by atoms with Gasteiger partial charge in [0.1, 0.15) is 11.5 Å². The molecular weight excluding hydrogens is 256 g/mol. The maximum Gasteiger partial charge on any atom is 0.134 e. The maximum absolute atomic E-state index is 6.03. The summed E-state index contributed by atoms with van der Waals surface area (Å²) in [5, 5.41) is 0. The van der Waals surface area contributed by atoms with Crippen molar-refractivity contribution in [3.63, 3.8) is 0 Å². The van der Waals surface area contributed by atoms with Crippen LogP contribution in [-0.4, -0.2) is 0 Å².